The van der Waals surface area contributed by atoms with Gasteiger partial charge in [-0.05, 0) is 39.9 Å². The summed E-state index contributed by atoms with van der Waals surface area (Å²) in [5.41, 5.74) is 5.67. The van der Waals surface area contributed by atoms with Gasteiger partial charge in [-0.25, -0.2) is 4.98 Å². The van der Waals surface area contributed by atoms with Crippen LogP contribution >= 0.6 is 11.3 Å². The molecule has 1 saturated heterocycles. The molecule has 0 unspecified atom stereocenters. The smallest absolute Gasteiger partial charge is 0.297 e. The van der Waals surface area contributed by atoms with Gasteiger partial charge in [0.05, 0.1) is 22.0 Å². The van der Waals surface area contributed by atoms with Crippen LogP contribution in [-0.2, 0) is 0 Å². The molecule has 0 amide bonds. The summed E-state index contributed by atoms with van der Waals surface area (Å²) in [4.78, 5) is 15.9. The van der Waals surface area contributed by atoms with E-state index in [1.807, 2.05) is 32.8 Å². The number of anilines is 2. The first kappa shape index (κ1) is 19.7. The molecule has 3 heterocycles. The van der Waals surface area contributed by atoms with Gasteiger partial charge in [0.15, 0.2) is 5.58 Å². The zero-order valence-electron chi connectivity index (χ0n) is 17.8. The minimum absolute atomic E-state index is 0.474. The highest BCUT2D eigenvalue weighted by Gasteiger charge is 2.32. The number of fused-ring (bicyclic) bond motifs is 1. The van der Waals surface area contributed by atoms with Gasteiger partial charge >= 0.3 is 0 Å². The molecule has 1 aromatic carbocycles. The van der Waals surface area contributed by atoms with Crippen molar-refractivity contribution in [2.75, 3.05) is 51.1 Å². The number of nitrogens with zero attached hydrogens (tertiary/aromatic N) is 6. The summed E-state index contributed by atoms with van der Waals surface area (Å²) in [5, 5.41) is 13.0. The predicted molar refractivity (Wildman–Crippen MR) is 118 cm³/mol. The molecule has 29 heavy (non-hydrogen) atoms. The molecule has 1 atom stereocenters. The first-order chi connectivity index (χ1) is 13.8. The van der Waals surface area contributed by atoms with Crippen molar-refractivity contribution >= 4 is 34.1 Å². The van der Waals surface area contributed by atoms with E-state index in [0.29, 0.717) is 28.7 Å². The van der Waals surface area contributed by atoms with Gasteiger partial charge in [-0.1, -0.05) is 0 Å². The first-order valence-electron chi connectivity index (χ1n) is 9.70. The number of aromatic nitrogens is 2. The fraction of sp³-hybridized carbons (Fsp3) is 0.476. The Morgan fingerprint density at radius 2 is 2.00 bits per heavy atom. The average molecular weight is 411 g/mol. The van der Waals surface area contributed by atoms with E-state index < -0.39 is 0 Å². The Hall–Kier alpha value is -2.63. The van der Waals surface area contributed by atoms with E-state index in [-0.39, 0.29) is 0 Å². The largest absolute Gasteiger partial charge is 0.421 e. The molecule has 0 bridgehead atoms. The number of hydrogen-bond donors (Lipinski definition) is 0. The lowest BCUT2D eigenvalue weighted by Crippen LogP contribution is -2.31. The van der Waals surface area contributed by atoms with Crippen LogP contribution in [0, 0.1) is 25.2 Å². The van der Waals surface area contributed by atoms with Crippen LogP contribution in [0.1, 0.15) is 22.6 Å². The number of hydrogen-bond acceptors (Lipinski definition) is 8. The van der Waals surface area contributed by atoms with Crippen LogP contribution in [-0.4, -0.2) is 62.2 Å². The lowest BCUT2D eigenvalue weighted by Gasteiger charge is -2.25. The zero-order valence-corrected chi connectivity index (χ0v) is 18.6. The Balaban J connectivity index is 2.03. The Kier molecular flexibility index (Phi) is 4.97. The maximum atomic E-state index is 9.93. The Morgan fingerprint density at radius 1 is 1.24 bits per heavy atom. The summed E-state index contributed by atoms with van der Waals surface area (Å²) in [6, 6.07) is 3.34. The molecule has 7 nitrogen and oxygen atoms in total. The number of nitriles is 1. The fourth-order valence-corrected chi connectivity index (χ4v) is 4.62. The van der Waals surface area contributed by atoms with Gasteiger partial charge in [0.2, 0.25) is 0 Å². The second kappa shape index (κ2) is 7.32. The molecule has 1 fully saturated rings. The molecule has 4 rings (SSSR count). The first-order valence-corrected chi connectivity index (χ1v) is 10.6. The maximum absolute atomic E-state index is 9.93. The molecule has 0 N–H and O–H groups in total. The third-order valence-corrected chi connectivity index (χ3v) is 6.41. The van der Waals surface area contributed by atoms with Crippen molar-refractivity contribution < 1.29 is 4.42 Å². The highest BCUT2D eigenvalue weighted by molar-refractivity contribution is 7.09. The summed E-state index contributed by atoms with van der Waals surface area (Å²) >= 11 is 1.62. The lowest BCUT2D eigenvalue weighted by molar-refractivity contribution is 0.315. The Bertz CT molecular complexity index is 1110. The molecule has 152 valence electrons. The molecule has 3 aromatic rings. The second-order valence-corrected chi connectivity index (χ2v) is 9.07. The third-order valence-electron chi connectivity index (χ3n) is 5.63. The number of likely N-dealkylation sites (N-methyl/N-ethyl adjacent to an activating group) is 1. The monoisotopic (exact) mass is 410 g/mol. The fourth-order valence-electron chi connectivity index (χ4n) is 4.02. The van der Waals surface area contributed by atoms with Crippen LogP contribution in [0.5, 0.6) is 0 Å². The highest BCUT2D eigenvalue weighted by atomic mass is 32.1. The number of aryl methyl sites for hydroxylation is 1. The summed E-state index contributed by atoms with van der Waals surface area (Å²) < 4.78 is 6.22. The van der Waals surface area contributed by atoms with E-state index in [1.54, 1.807) is 11.3 Å². The van der Waals surface area contributed by atoms with Crippen LogP contribution in [0.15, 0.2) is 9.80 Å². The maximum Gasteiger partial charge on any atom is 0.297 e. The molecule has 1 aliphatic heterocycles. The van der Waals surface area contributed by atoms with Gasteiger partial charge in [-0.2, -0.15) is 10.2 Å². The normalized spacial score (nSPS) is 16.8. The summed E-state index contributed by atoms with van der Waals surface area (Å²) in [7, 11) is 8.03. The highest BCUT2D eigenvalue weighted by Crippen LogP contribution is 2.44. The van der Waals surface area contributed by atoms with Crippen LogP contribution in [0.25, 0.3) is 22.4 Å². The molecule has 0 aliphatic carbocycles. The van der Waals surface area contributed by atoms with Gasteiger partial charge in [0.25, 0.3) is 6.01 Å². The molecule has 8 heteroatoms. The van der Waals surface area contributed by atoms with Crippen molar-refractivity contribution in [2.24, 2.45) is 0 Å². The van der Waals surface area contributed by atoms with Crippen molar-refractivity contribution in [3.8, 4) is 17.3 Å². The molecule has 0 saturated carbocycles. The van der Waals surface area contributed by atoms with Gasteiger partial charge in [-0.15, -0.1) is 11.3 Å². The zero-order chi connectivity index (χ0) is 20.9. The number of oxazole rings is 1. The minimum Gasteiger partial charge on any atom is -0.421 e. The lowest BCUT2D eigenvalue weighted by atomic mass is 9.96. The van der Waals surface area contributed by atoms with E-state index in [1.165, 1.54) is 0 Å². The van der Waals surface area contributed by atoms with Crippen molar-refractivity contribution in [1.82, 2.24) is 14.9 Å². The van der Waals surface area contributed by atoms with Crippen LogP contribution < -0.4 is 9.80 Å². The molecule has 2 aromatic heterocycles. The van der Waals surface area contributed by atoms with E-state index in [4.69, 9.17) is 9.40 Å². The van der Waals surface area contributed by atoms with Crippen molar-refractivity contribution in [3.05, 3.63) is 21.5 Å². The molecule has 0 spiro atoms. The van der Waals surface area contributed by atoms with Gasteiger partial charge in [-0.3, -0.25) is 0 Å². The predicted octanol–water partition coefficient (Wildman–Crippen LogP) is 3.65. The molecular formula is C21H26N6OS. The topological polar surface area (TPSA) is 72.4 Å². The molecular weight excluding hydrogens is 384 g/mol. The van der Waals surface area contributed by atoms with Gasteiger partial charge < -0.3 is 19.1 Å². The SMILES string of the molecule is Cc1nc(-c2c(C)c(C#N)c3nc(N(C)C)oc3c2N2CC[C@H](N(C)C)C2)cs1. The molecule has 1 aliphatic rings. The standard InChI is InChI=1S/C21H26N6OS/c1-12-15(9-22)18-20(28-21(24-18)26(5)6)19(17(12)16-11-29-13(2)23-16)27-8-7-14(10-27)25(3)4/h11,14H,7-8,10H2,1-6H3/t14-/m0/s1. The third kappa shape index (κ3) is 3.24. The van der Waals surface area contributed by atoms with E-state index in [0.717, 1.165) is 47.0 Å². The van der Waals surface area contributed by atoms with Crippen LogP contribution in [0.2, 0.25) is 0 Å². The van der Waals surface area contributed by atoms with Crippen molar-refractivity contribution in [1.29, 1.82) is 5.26 Å². The van der Waals surface area contributed by atoms with Crippen LogP contribution in [0.3, 0.4) is 0 Å². The van der Waals surface area contributed by atoms with Gasteiger partial charge in [0.1, 0.15) is 11.6 Å². The summed E-state index contributed by atoms with van der Waals surface area (Å²) in [6.07, 6.45) is 1.08. The summed E-state index contributed by atoms with van der Waals surface area (Å²) in [5.74, 6) is 0. The van der Waals surface area contributed by atoms with E-state index >= 15 is 0 Å². The Morgan fingerprint density at radius 3 is 2.55 bits per heavy atom. The number of benzene rings is 1. The molecule has 0 radical (unpaired) electrons. The van der Waals surface area contributed by atoms with Crippen LogP contribution in [0.4, 0.5) is 11.7 Å². The minimum atomic E-state index is 0.474. The Labute approximate surface area is 175 Å². The number of rotatable bonds is 4. The average Bonchev–Trinajstić information content (AvgIpc) is 3.39. The summed E-state index contributed by atoms with van der Waals surface area (Å²) in [6.45, 7) is 5.83. The van der Waals surface area contributed by atoms with E-state index in [9.17, 15) is 5.26 Å². The second-order valence-electron chi connectivity index (χ2n) is 8.01. The number of thiazole rings is 1. The van der Waals surface area contributed by atoms with Gasteiger partial charge in [0, 0.05) is 44.2 Å². The van der Waals surface area contributed by atoms with Crippen molar-refractivity contribution in [3.63, 3.8) is 0 Å². The quantitative estimate of drug-likeness (QED) is 0.650. The van der Waals surface area contributed by atoms with Crippen molar-refractivity contribution in [2.45, 2.75) is 26.3 Å². The van der Waals surface area contributed by atoms with E-state index in [2.05, 4.69) is 40.3 Å².